The van der Waals surface area contributed by atoms with E-state index in [2.05, 4.69) is 6.07 Å². The van der Waals surface area contributed by atoms with Crippen molar-refractivity contribution in [2.45, 2.75) is 25.6 Å². The highest BCUT2D eigenvalue weighted by Crippen LogP contribution is 2.34. The zero-order chi connectivity index (χ0) is 14.9. The van der Waals surface area contributed by atoms with Crippen molar-refractivity contribution in [2.24, 2.45) is 0 Å². The molecule has 2 unspecified atom stereocenters. The number of hydrogen-bond donors (Lipinski definition) is 1. The van der Waals surface area contributed by atoms with Crippen molar-refractivity contribution >= 4 is 5.91 Å². The topological polar surface area (TPSA) is 67.6 Å². The molecule has 1 N–H and O–H groups in total. The van der Waals surface area contributed by atoms with Crippen LogP contribution in [0, 0.1) is 11.3 Å². The summed E-state index contributed by atoms with van der Waals surface area (Å²) in [5.41, 5.74) is 2.39. The van der Waals surface area contributed by atoms with Gasteiger partial charge in [0.1, 0.15) is 6.04 Å². The van der Waals surface area contributed by atoms with Gasteiger partial charge < -0.3 is 14.9 Å². The first kappa shape index (κ1) is 14.5. The van der Waals surface area contributed by atoms with Gasteiger partial charge in [0.25, 0.3) is 5.91 Å². The number of fused-ring (bicyclic) bond motifs is 1. The van der Waals surface area contributed by atoms with E-state index in [1.165, 1.54) is 4.90 Å². The summed E-state index contributed by atoms with van der Waals surface area (Å²) in [6.45, 7) is 2.55. The standard InChI is InChI=1S/C15H19N3O2/c1-10(19)8-18-14(7-16)13-6-11(9-17(2)3)4-5-12(13)15(18)20/h4-6,10,14,19H,8-9H2,1-3H3. The Balaban J connectivity index is 2.37. The highest BCUT2D eigenvalue weighted by atomic mass is 16.3. The molecule has 0 saturated carbocycles. The number of aliphatic hydroxyl groups is 1. The molecule has 0 fully saturated rings. The molecular formula is C15H19N3O2. The fourth-order valence-electron chi connectivity index (χ4n) is 2.55. The fraction of sp³-hybridized carbons (Fsp3) is 0.467. The van der Waals surface area contributed by atoms with E-state index in [4.69, 9.17) is 0 Å². The third-order valence-corrected chi connectivity index (χ3v) is 3.30. The van der Waals surface area contributed by atoms with E-state index in [9.17, 15) is 15.2 Å². The van der Waals surface area contributed by atoms with Crippen molar-refractivity contribution in [1.29, 1.82) is 5.26 Å². The van der Waals surface area contributed by atoms with Crippen LogP contribution >= 0.6 is 0 Å². The summed E-state index contributed by atoms with van der Waals surface area (Å²) >= 11 is 0. The van der Waals surface area contributed by atoms with Gasteiger partial charge in [0, 0.05) is 24.2 Å². The number of nitriles is 1. The van der Waals surface area contributed by atoms with Crippen LogP contribution in [0.2, 0.25) is 0 Å². The van der Waals surface area contributed by atoms with Gasteiger partial charge in [0.05, 0.1) is 12.2 Å². The lowest BCUT2D eigenvalue weighted by molar-refractivity contribution is 0.0641. The Morgan fingerprint density at radius 3 is 2.75 bits per heavy atom. The quantitative estimate of drug-likeness (QED) is 0.893. The van der Waals surface area contributed by atoms with Crippen LogP contribution in [-0.4, -0.2) is 47.6 Å². The van der Waals surface area contributed by atoms with E-state index in [1.54, 1.807) is 13.0 Å². The molecule has 0 bridgehead atoms. The van der Waals surface area contributed by atoms with Gasteiger partial charge in [0.2, 0.25) is 0 Å². The van der Waals surface area contributed by atoms with Crippen LogP contribution < -0.4 is 0 Å². The normalized spacial score (nSPS) is 19.1. The molecule has 1 aliphatic heterocycles. The fourth-order valence-corrected chi connectivity index (χ4v) is 2.55. The van der Waals surface area contributed by atoms with Crippen LogP contribution in [0.15, 0.2) is 18.2 Å². The monoisotopic (exact) mass is 273 g/mol. The lowest BCUT2D eigenvalue weighted by atomic mass is 10.0. The average molecular weight is 273 g/mol. The summed E-state index contributed by atoms with van der Waals surface area (Å²) in [4.78, 5) is 15.8. The van der Waals surface area contributed by atoms with E-state index < -0.39 is 12.1 Å². The van der Waals surface area contributed by atoms with Gasteiger partial charge in [-0.2, -0.15) is 5.26 Å². The Morgan fingerprint density at radius 2 is 2.20 bits per heavy atom. The Labute approximate surface area is 119 Å². The number of rotatable bonds is 4. The van der Waals surface area contributed by atoms with Crippen molar-refractivity contribution < 1.29 is 9.90 Å². The molecule has 2 atom stereocenters. The zero-order valence-electron chi connectivity index (χ0n) is 12.0. The lowest BCUT2D eigenvalue weighted by Crippen LogP contribution is -2.33. The van der Waals surface area contributed by atoms with Crippen LogP contribution in [0.5, 0.6) is 0 Å². The summed E-state index contributed by atoms with van der Waals surface area (Å²) in [5.74, 6) is -0.177. The molecule has 20 heavy (non-hydrogen) atoms. The van der Waals surface area contributed by atoms with E-state index in [1.807, 2.05) is 31.1 Å². The summed E-state index contributed by atoms with van der Waals surface area (Å²) in [6, 6.07) is 7.18. The molecule has 0 radical (unpaired) electrons. The van der Waals surface area contributed by atoms with Crippen LogP contribution in [0.3, 0.4) is 0 Å². The third-order valence-electron chi connectivity index (χ3n) is 3.30. The van der Waals surface area contributed by atoms with Gasteiger partial charge in [0.15, 0.2) is 0 Å². The SMILES string of the molecule is CC(O)CN1C(=O)c2ccc(CN(C)C)cc2C1C#N. The van der Waals surface area contributed by atoms with Gasteiger partial charge >= 0.3 is 0 Å². The first-order chi connectivity index (χ1) is 9.43. The second-order valence-corrected chi connectivity index (χ2v) is 5.50. The van der Waals surface area contributed by atoms with Crippen LogP contribution in [0.25, 0.3) is 0 Å². The Hall–Kier alpha value is -1.90. The van der Waals surface area contributed by atoms with Crippen LogP contribution in [0.4, 0.5) is 0 Å². The van der Waals surface area contributed by atoms with Gasteiger partial charge in [-0.15, -0.1) is 0 Å². The van der Waals surface area contributed by atoms with Crippen molar-refractivity contribution in [1.82, 2.24) is 9.80 Å². The summed E-state index contributed by atoms with van der Waals surface area (Å²) in [7, 11) is 3.94. The number of carbonyl (C=O) groups excluding carboxylic acids is 1. The molecule has 5 heteroatoms. The molecule has 0 spiro atoms. The molecule has 1 aliphatic rings. The largest absolute Gasteiger partial charge is 0.392 e. The molecule has 1 heterocycles. The summed E-state index contributed by atoms with van der Waals surface area (Å²) in [6.07, 6.45) is -0.648. The average Bonchev–Trinajstić information content (AvgIpc) is 2.61. The number of aliphatic hydroxyl groups excluding tert-OH is 1. The van der Waals surface area contributed by atoms with Crippen LogP contribution in [0.1, 0.15) is 34.5 Å². The molecule has 0 aromatic heterocycles. The minimum atomic E-state index is -0.648. The molecule has 1 aromatic carbocycles. The molecule has 1 aromatic rings. The predicted molar refractivity (Wildman–Crippen MR) is 74.9 cm³/mol. The smallest absolute Gasteiger partial charge is 0.255 e. The maximum absolute atomic E-state index is 12.3. The molecule has 2 rings (SSSR count). The maximum Gasteiger partial charge on any atom is 0.255 e. The first-order valence-corrected chi connectivity index (χ1v) is 6.60. The lowest BCUT2D eigenvalue weighted by Gasteiger charge is -2.21. The van der Waals surface area contributed by atoms with Crippen molar-refractivity contribution in [2.75, 3.05) is 20.6 Å². The molecule has 106 valence electrons. The predicted octanol–water partition coefficient (Wildman–Crippen LogP) is 1.15. The van der Waals surface area contributed by atoms with Crippen molar-refractivity contribution in [3.05, 3.63) is 34.9 Å². The van der Waals surface area contributed by atoms with Crippen LogP contribution in [-0.2, 0) is 6.54 Å². The van der Waals surface area contributed by atoms with E-state index in [-0.39, 0.29) is 12.5 Å². The third kappa shape index (κ3) is 2.67. The van der Waals surface area contributed by atoms with Gasteiger partial charge in [-0.1, -0.05) is 12.1 Å². The first-order valence-electron chi connectivity index (χ1n) is 6.60. The molecular weight excluding hydrogens is 254 g/mol. The van der Waals surface area contributed by atoms with E-state index in [0.29, 0.717) is 5.56 Å². The van der Waals surface area contributed by atoms with Gasteiger partial charge in [-0.05, 0) is 32.6 Å². The zero-order valence-corrected chi connectivity index (χ0v) is 12.0. The van der Waals surface area contributed by atoms with E-state index in [0.717, 1.165) is 17.7 Å². The number of nitrogens with zero attached hydrogens (tertiary/aromatic N) is 3. The summed E-state index contributed by atoms with van der Waals surface area (Å²) < 4.78 is 0. The van der Waals surface area contributed by atoms with Gasteiger partial charge in [-0.25, -0.2) is 0 Å². The second-order valence-electron chi connectivity index (χ2n) is 5.50. The Morgan fingerprint density at radius 1 is 1.50 bits per heavy atom. The number of carbonyl (C=O) groups is 1. The highest BCUT2D eigenvalue weighted by molar-refractivity contribution is 5.99. The Kier molecular flexibility index (Phi) is 4.07. The number of β-amino-alcohol motifs (C(OH)–C–C–N with tert-alkyl or cyclic N) is 1. The minimum Gasteiger partial charge on any atom is -0.392 e. The molecule has 0 saturated heterocycles. The summed E-state index contributed by atoms with van der Waals surface area (Å²) in [5, 5.41) is 18.8. The maximum atomic E-state index is 12.3. The van der Waals surface area contributed by atoms with Gasteiger partial charge in [-0.3, -0.25) is 4.79 Å². The number of amides is 1. The minimum absolute atomic E-state index is 0.175. The van der Waals surface area contributed by atoms with E-state index >= 15 is 0 Å². The van der Waals surface area contributed by atoms with Crippen molar-refractivity contribution in [3.63, 3.8) is 0 Å². The van der Waals surface area contributed by atoms with Crippen molar-refractivity contribution in [3.8, 4) is 6.07 Å². The number of hydrogen-bond acceptors (Lipinski definition) is 4. The molecule has 0 aliphatic carbocycles. The molecule has 1 amide bonds. The molecule has 5 nitrogen and oxygen atoms in total. The Bertz CT molecular complexity index is 561. The second kappa shape index (κ2) is 5.61. The number of benzene rings is 1. The highest BCUT2D eigenvalue weighted by Gasteiger charge is 2.37.